The molecule has 0 radical (unpaired) electrons. The molecule has 0 fully saturated rings. The molecule has 0 aliphatic rings. The van der Waals surface area contributed by atoms with Crippen molar-refractivity contribution in [3.8, 4) is 11.3 Å². The van der Waals surface area contributed by atoms with Crippen LogP contribution in [0.25, 0.3) is 11.3 Å². The van der Waals surface area contributed by atoms with Crippen LogP contribution >= 0.6 is 31.9 Å². The molecular weight excluding hydrogens is 308 g/mol. The van der Waals surface area contributed by atoms with E-state index in [0.29, 0.717) is 0 Å². The number of nitrogens with zero attached hydrogens (tertiary/aromatic N) is 2. The van der Waals surface area contributed by atoms with Gasteiger partial charge in [0.05, 0.1) is 10.2 Å². The average Bonchev–Trinajstić information content (AvgIpc) is 2.23. The Kier molecular flexibility index (Phi) is 2.93. The van der Waals surface area contributed by atoms with Gasteiger partial charge in [-0.3, -0.25) is 0 Å². The number of hydrogen-bond donors (Lipinski definition) is 0. The van der Waals surface area contributed by atoms with Crippen LogP contribution in [-0.4, -0.2) is 10.2 Å². The van der Waals surface area contributed by atoms with E-state index >= 15 is 0 Å². The summed E-state index contributed by atoms with van der Waals surface area (Å²) in [7, 11) is 0. The molecule has 0 aliphatic carbocycles. The monoisotopic (exact) mass is 312 g/mol. The molecule has 0 amide bonds. The van der Waals surface area contributed by atoms with E-state index < -0.39 is 0 Å². The van der Waals surface area contributed by atoms with Gasteiger partial charge >= 0.3 is 0 Å². The zero-order chi connectivity index (χ0) is 9.97. The maximum Gasteiger partial charge on any atom is 0.142 e. The Bertz CT molecular complexity index is 443. The van der Waals surface area contributed by atoms with Gasteiger partial charge in [0.1, 0.15) is 4.60 Å². The number of hydrogen-bond acceptors (Lipinski definition) is 2. The van der Waals surface area contributed by atoms with Crippen molar-refractivity contribution in [1.29, 1.82) is 0 Å². The number of halogens is 2. The van der Waals surface area contributed by atoms with E-state index in [1.807, 2.05) is 36.4 Å². The minimum atomic E-state index is 0.720. The quantitative estimate of drug-likeness (QED) is 0.803. The maximum absolute atomic E-state index is 4.08. The fraction of sp³-hybridized carbons (Fsp3) is 0. The van der Waals surface area contributed by atoms with E-state index in [0.717, 1.165) is 20.3 Å². The lowest BCUT2D eigenvalue weighted by atomic mass is 10.1. The van der Waals surface area contributed by atoms with Crippen molar-refractivity contribution >= 4 is 31.9 Å². The highest BCUT2D eigenvalue weighted by Gasteiger charge is 2.03. The Hall–Kier alpha value is -0.740. The standard InChI is InChI=1S/C10H6Br2N2/c11-8-6-9(13-14-10(8)12)7-4-2-1-3-5-7/h1-6H. The lowest BCUT2D eigenvalue weighted by Crippen LogP contribution is -1.88. The van der Waals surface area contributed by atoms with Gasteiger partial charge in [0.2, 0.25) is 0 Å². The van der Waals surface area contributed by atoms with Crippen molar-refractivity contribution < 1.29 is 0 Å². The predicted molar refractivity (Wildman–Crippen MR) is 62.9 cm³/mol. The number of rotatable bonds is 1. The van der Waals surface area contributed by atoms with E-state index in [9.17, 15) is 0 Å². The van der Waals surface area contributed by atoms with Crippen molar-refractivity contribution in [1.82, 2.24) is 10.2 Å². The topological polar surface area (TPSA) is 25.8 Å². The molecule has 2 aromatic rings. The molecule has 0 aliphatic heterocycles. The lowest BCUT2D eigenvalue weighted by Gasteiger charge is -2.00. The Morgan fingerprint density at radius 3 is 2.29 bits per heavy atom. The Morgan fingerprint density at radius 2 is 1.64 bits per heavy atom. The summed E-state index contributed by atoms with van der Waals surface area (Å²) in [5.74, 6) is 0. The number of benzene rings is 1. The highest BCUT2D eigenvalue weighted by atomic mass is 79.9. The molecule has 4 heteroatoms. The smallest absolute Gasteiger partial charge is 0.142 e. The van der Waals surface area contributed by atoms with Crippen LogP contribution in [0.2, 0.25) is 0 Å². The summed E-state index contributed by atoms with van der Waals surface area (Å²) in [5.41, 5.74) is 1.92. The normalized spacial score (nSPS) is 10.1. The van der Waals surface area contributed by atoms with Gasteiger partial charge in [0, 0.05) is 5.56 Å². The van der Waals surface area contributed by atoms with Crippen LogP contribution in [0.1, 0.15) is 0 Å². The van der Waals surface area contributed by atoms with Gasteiger partial charge in [-0.1, -0.05) is 30.3 Å². The molecule has 0 N–H and O–H groups in total. The summed E-state index contributed by atoms with van der Waals surface area (Å²) < 4.78 is 1.63. The molecule has 2 rings (SSSR count). The molecule has 70 valence electrons. The first kappa shape index (κ1) is 9.80. The highest BCUT2D eigenvalue weighted by Crippen LogP contribution is 2.24. The summed E-state index contributed by atoms with van der Waals surface area (Å²) in [6, 6.07) is 11.9. The van der Waals surface area contributed by atoms with Gasteiger partial charge in [0.15, 0.2) is 0 Å². The molecule has 0 saturated carbocycles. The van der Waals surface area contributed by atoms with E-state index in [1.165, 1.54) is 0 Å². The summed E-state index contributed by atoms with van der Waals surface area (Å²) in [6.07, 6.45) is 0. The van der Waals surface area contributed by atoms with Crippen LogP contribution in [0.5, 0.6) is 0 Å². The van der Waals surface area contributed by atoms with E-state index in [2.05, 4.69) is 42.1 Å². The summed E-state index contributed by atoms with van der Waals surface area (Å²) >= 11 is 6.68. The fourth-order valence-electron chi connectivity index (χ4n) is 1.10. The molecule has 14 heavy (non-hydrogen) atoms. The Morgan fingerprint density at radius 1 is 0.929 bits per heavy atom. The third-order valence-corrected chi connectivity index (χ3v) is 3.50. The van der Waals surface area contributed by atoms with Crippen molar-refractivity contribution in [2.75, 3.05) is 0 Å². The first-order valence-corrected chi connectivity index (χ1v) is 5.60. The second-order valence-corrected chi connectivity index (χ2v) is 4.34. The summed E-state index contributed by atoms with van der Waals surface area (Å²) in [5, 5.41) is 8.06. The van der Waals surface area contributed by atoms with Gasteiger partial charge in [-0.2, -0.15) is 0 Å². The van der Waals surface area contributed by atoms with E-state index in [-0.39, 0.29) is 0 Å². The van der Waals surface area contributed by atoms with Crippen molar-refractivity contribution in [2.45, 2.75) is 0 Å². The number of aromatic nitrogens is 2. The molecule has 0 unspecified atom stereocenters. The summed E-state index contributed by atoms with van der Waals surface area (Å²) in [6.45, 7) is 0. The van der Waals surface area contributed by atoms with Crippen molar-refractivity contribution in [3.05, 3.63) is 45.5 Å². The second-order valence-electron chi connectivity index (χ2n) is 2.73. The molecule has 0 atom stereocenters. The van der Waals surface area contributed by atoms with Gasteiger partial charge in [-0.25, -0.2) is 0 Å². The Balaban J connectivity index is 2.48. The third-order valence-electron chi connectivity index (χ3n) is 1.78. The van der Waals surface area contributed by atoms with Crippen LogP contribution in [0.3, 0.4) is 0 Å². The van der Waals surface area contributed by atoms with Crippen LogP contribution < -0.4 is 0 Å². The van der Waals surface area contributed by atoms with E-state index in [4.69, 9.17) is 0 Å². The minimum Gasteiger partial charge on any atom is -0.149 e. The molecule has 0 bridgehead atoms. The molecular formula is C10H6Br2N2. The summed E-state index contributed by atoms with van der Waals surface area (Å²) in [4.78, 5) is 0. The third kappa shape index (κ3) is 2.01. The second kappa shape index (κ2) is 4.19. The molecule has 1 aromatic heterocycles. The average molecular weight is 314 g/mol. The largest absolute Gasteiger partial charge is 0.149 e. The zero-order valence-electron chi connectivity index (χ0n) is 7.11. The molecule has 2 nitrogen and oxygen atoms in total. The van der Waals surface area contributed by atoms with Crippen molar-refractivity contribution in [3.63, 3.8) is 0 Å². The van der Waals surface area contributed by atoms with Gasteiger partial charge in [-0.05, 0) is 37.9 Å². The zero-order valence-corrected chi connectivity index (χ0v) is 10.3. The van der Waals surface area contributed by atoms with Crippen molar-refractivity contribution in [2.24, 2.45) is 0 Å². The Labute approximate surface area is 98.6 Å². The SMILES string of the molecule is Brc1cc(-c2ccccc2)nnc1Br. The minimum absolute atomic E-state index is 0.720. The van der Waals surface area contributed by atoms with E-state index in [1.54, 1.807) is 0 Å². The predicted octanol–water partition coefficient (Wildman–Crippen LogP) is 3.67. The van der Waals surface area contributed by atoms with Gasteiger partial charge in [0.25, 0.3) is 0 Å². The lowest BCUT2D eigenvalue weighted by molar-refractivity contribution is 1.00. The molecule has 1 aromatic carbocycles. The first-order valence-electron chi connectivity index (χ1n) is 4.01. The maximum atomic E-state index is 4.08. The van der Waals surface area contributed by atoms with Crippen LogP contribution in [0, 0.1) is 0 Å². The van der Waals surface area contributed by atoms with Gasteiger partial charge in [-0.15, -0.1) is 10.2 Å². The molecule has 1 heterocycles. The highest BCUT2D eigenvalue weighted by molar-refractivity contribution is 9.13. The van der Waals surface area contributed by atoms with Crippen LogP contribution in [0.4, 0.5) is 0 Å². The fourth-order valence-corrected chi connectivity index (χ4v) is 1.59. The van der Waals surface area contributed by atoms with Gasteiger partial charge < -0.3 is 0 Å². The molecule has 0 saturated heterocycles. The van der Waals surface area contributed by atoms with Crippen LogP contribution in [-0.2, 0) is 0 Å². The van der Waals surface area contributed by atoms with Crippen LogP contribution in [0.15, 0.2) is 45.5 Å². The first-order chi connectivity index (χ1) is 6.77. The molecule has 0 spiro atoms.